The summed E-state index contributed by atoms with van der Waals surface area (Å²) < 4.78 is 9.39. The molecule has 0 saturated carbocycles. The average Bonchev–Trinajstić information content (AvgIpc) is 3.56. The lowest BCUT2D eigenvalue weighted by Crippen LogP contribution is -2.11. The van der Waals surface area contributed by atoms with Gasteiger partial charge in [0.05, 0.1) is 28.3 Å². The largest absolute Gasteiger partial charge is 0.453 e. The zero-order chi connectivity index (χ0) is 37.6. The van der Waals surface area contributed by atoms with Crippen LogP contribution < -0.4 is 9.64 Å². The van der Waals surface area contributed by atoms with Crippen LogP contribution >= 0.6 is 0 Å². The Bertz CT molecular complexity index is 2800. The Morgan fingerprint density at radius 2 is 1.12 bits per heavy atom. The molecule has 0 unspecified atom stereocenters. The van der Waals surface area contributed by atoms with Crippen LogP contribution in [0.4, 0.5) is 17.1 Å². The monoisotopic (exact) mass is 720 g/mol. The summed E-state index contributed by atoms with van der Waals surface area (Å²) in [4.78, 5) is 12.5. The third kappa shape index (κ3) is 5.65. The van der Waals surface area contributed by atoms with E-state index in [0.29, 0.717) is 5.82 Å². The topological polar surface area (TPSA) is 43.2 Å². The fourth-order valence-corrected chi connectivity index (χ4v) is 7.97. The van der Waals surface area contributed by atoms with Crippen LogP contribution in [-0.4, -0.2) is 14.5 Å². The highest BCUT2D eigenvalue weighted by Crippen LogP contribution is 2.51. The van der Waals surface area contributed by atoms with Gasteiger partial charge in [-0.15, -0.1) is 0 Å². The van der Waals surface area contributed by atoms with Crippen LogP contribution in [0.25, 0.3) is 67.7 Å². The standard InChI is InChI=1S/C51H36N4O/c1-3-35-18-16-17-27-42(35)49-34(2)54-46-29-28-38(51-52-44(36-19-8-4-9-20-36)33-45(53-51)37-21-10-5-11-22-37)30-47(46)56-48-32-41(31-43(49)50(48)54)55(39-23-12-6-13-24-39)40-25-14-7-15-26-40/h3-33H,1H2,2H3. The molecule has 5 heteroatoms. The van der Waals surface area contributed by atoms with E-state index in [1.165, 1.54) is 0 Å². The zero-order valence-corrected chi connectivity index (χ0v) is 30.8. The number of benzene rings is 7. The maximum Gasteiger partial charge on any atom is 0.160 e. The highest BCUT2D eigenvalue weighted by Gasteiger charge is 2.29. The van der Waals surface area contributed by atoms with E-state index in [1.54, 1.807) is 0 Å². The summed E-state index contributed by atoms with van der Waals surface area (Å²) in [6.45, 7) is 6.38. The van der Waals surface area contributed by atoms with E-state index in [4.69, 9.17) is 14.7 Å². The van der Waals surface area contributed by atoms with Crippen LogP contribution in [0.1, 0.15) is 11.3 Å². The van der Waals surface area contributed by atoms with Crippen molar-refractivity contribution in [2.45, 2.75) is 6.92 Å². The average molecular weight is 721 g/mol. The summed E-state index contributed by atoms with van der Waals surface area (Å²) in [7, 11) is 0. The lowest BCUT2D eigenvalue weighted by atomic mass is 9.96. The molecule has 0 atom stereocenters. The van der Waals surface area contributed by atoms with E-state index in [1.807, 2.05) is 54.6 Å². The molecule has 5 nitrogen and oxygen atoms in total. The molecule has 0 bridgehead atoms. The number of rotatable bonds is 8. The lowest BCUT2D eigenvalue weighted by molar-refractivity contribution is 0.475. The summed E-state index contributed by atoms with van der Waals surface area (Å²) in [5.74, 6) is 2.13. The molecule has 0 amide bonds. The quantitative estimate of drug-likeness (QED) is 0.157. The fraction of sp³-hybridized carbons (Fsp3) is 0.0196. The molecule has 1 aliphatic heterocycles. The first-order chi connectivity index (χ1) is 27.6. The normalized spacial score (nSPS) is 11.5. The molecule has 2 aromatic heterocycles. The minimum atomic E-state index is 0.630. The molecule has 0 radical (unpaired) electrons. The molecule has 0 saturated heterocycles. The Morgan fingerprint density at radius 1 is 0.554 bits per heavy atom. The van der Waals surface area contributed by atoms with E-state index in [9.17, 15) is 0 Å². The minimum Gasteiger partial charge on any atom is -0.453 e. The lowest BCUT2D eigenvalue weighted by Gasteiger charge is -2.28. The van der Waals surface area contributed by atoms with Crippen molar-refractivity contribution in [3.63, 3.8) is 0 Å². The second kappa shape index (κ2) is 13.7. The summed E-state index contributed by atoms with van der Waals surface area (Å²) in [5, 5.41) is 1.10. The van der Waals surface area contributed by atoms with E-state index < -0.39 is 0 Å². The SMILES string of the molecule is C=Cc1ccccc1-c1c(C)n2c3c(cc(N(c4ccccc4)c4ccccc4)cc13)Oc1cc(-c3nc(-c4ccccc4)cc(-c4ccccc4)n3)ccc1-2. The van der Waals surface area contributed by atoms with Crippen molar-refractivity contribution in [2.24, 2.45) is 0 Å². The molecule has 1 aliphatic rings. The van der Waals surface area contributed by atoms with Crippen molar-refractivity contribution >= 4 is 34.0 Å². The Hall–Kier alpha value is -7.50. The van der Waals surface area contributed by atoms with Gasteiger partial charge >= 0.3 is 0 Å². The minimum absolute atomic E-state index is 0.630. The van der Waals surface area contributed by atoms with Crippen molar-refractivity contribution in [3.8, 4) is 62.2 Å². The molecule has 56 heavy (non-hydrogen) atoms. The third-order valence-electron chi connectivity index (χ3n) is 10.5. The van der Waals surface area contributed by atoms with E-state index in [2.05, 4.69) is 156 Å². The van der Waals surface area contributed by atoms with Crippen molar-refractivity contribution in [3.05, 3.63) is 200 Å². The summed E-state index contributed by atoms with van der Waals surface area (Å²) >= 11 is 0. The van der Waals surface area contributed by atoms with Gasteiger partial charge in [-0.1, -0.05) is 134 Å². The summed E-state index contributed by atoms with van der Waals surface area (Å²) in [6, 6.07) is 62.8. The van der Waals surface area contributed by atoms with Crippen LogP contribution in [0.3, 0.4) is 0 Å². The summed E-state index contributed by atoms with van der Waals surface area (Å²) in [6.07, 6.45) is 1.94. The molecule has 3 heterocycles. The van der Waals surface area contributed by atoms with Gasteiger partial charge in [-0.25, -0.2) is 9.97 Å². The Morgan fingerprint density at radius 3 is 1.73 bits per heavy atom. The van der Waals surface area contributed by atoms with Crippen LogP contribution in [0.5, 0.6) is 11.5 Å². The number of anilines is 3. The zero-order valence-electron chi connectivity index (χ0n) is 30.8. The van der Waals surface area contributed by atoms with Gasteiger partial charge in [0.25, 0.3) is 0 Å². The second-order valence-corrected chi connectivity index (χ2v) is 13.9. The maximum absolute atomic E-state index is 7.04. The van der Waals surface area contributed by atoms with Crippen LogP contribution in [0, 0.1) is 6.92 Å². The van der Waals surface area contributed by atoms with Crippen LogP contribution in [0.2, 0.25) is 0 Å². The molecule has 0 spiro atoms. The molecule has 0 aliphatic carbocycles. The maximum atomic E-state index is 7.04. The fourth-order valence-electron chi connectivity index (χ4n) is 7.97. The highest BCUT2D eigenvalue weighted by atomic mass is 16.5. The Labute approximate surface area is 326 Å². The molecule has 9 aromatic rings. The number of ether oxygens (including phenoxy) is 1. The van der Waals surface area contributed by atoms with Gasteiger partial charge in [0, 0.05) is 50.8 Å². The van der Waals surface area contributed by atoms with Crippen LogP contribution in [0.15, 0.2) is 189 Å². The number of aromatic nitrogens is 3. The van der Waals surface area contributed by atoms with E-state index in [0.717, 1.165) is 95.6 Å². The van der Waals surface area contributed by atoms with Gasteiger partial charge in [-0.2, -0.15) is 0 Å². The van der Waals surface area contributed by atoms with Gasteiger partial charge < -0.3 is 14.2 Å². The highest BCUT2D eigenvalue weighted by molar-refractivity contribution is 6.07. The number of fused-ring (bicyclic) bond motifs is 2. The molecule has 7 aromatic carbocycles. The molecule has 0 fully saturated rings. The van der Waals surface area contributed by atoms with Crippen molar-refractivity contribution < 1.29 is 4.74 Å². The van der Waals surface area contributed by atoms with Crippen molar-refractivity contribution in [2.75, 3.05) is 4.90 Å². The summed E-state index contributed by atoms with van der Waals surface area (Å²) in [5.41, 5.74) is 14.2. The van der Waals surface area contributed by atoms with E-state index in [-0.39, 0.29) is 0 Å². The van der Waals surface area contributed by atoms with Crippen molar-refractivity contribution in [1.82, 2.24) is 14.5 Å². The van der Waals surface area contributed by atoms with Gasteiger partial charge in [0.15, 0.2) is 17.3 Å². The molecular weight excluding hydrogens is 685 g/mol. The van der Waals surface area contributed by atoms with Gasteiger partial charge in [0.2, 0.25) is 0 Å². The smallest absolute Gasteiger partial charge is 0.160 e. The predicted octanol–water partition coefficient (Wildman–Crippen LogP) is 13.6. The Balaban J connectivity index is 1.20. The molecule has 0 N–H and O–H groups in total. The van der Waals surface area contributed by atoms with Crippen molar-refractivity contribution in [1.29, 1.82) is 0 Å². The number of hydrogen-bond acceptors (Lipinski definition) is 4. The predicted molar refractivity (Wildman–Crippen MR) is 230 cm³/mol. The van der Waals surface area contributed by atoms with Gasteiger partial charge in [-0.3, -0.25) is 0 Å². The van der Waals surface area contributed by atoms with Gasteiger partial charge in [-0.05, 0) is 72.6 Å². The first kappa shape index (κ1) is 33.1. The number of nitrogens with zero attached hydrogens (tertiary/aromatic N) is 4. The van der Waals surface area contributed by atoms with Gasteiger partial charge in [0.1, 0.15) is 0 Å². The molecule has 266 valence electrons. The third-order valence-corrected chi connectivity index (χ3v) is 10.5. The Kier molecular flexibility index (Phi) is 8.11. The molecular formula is C51H36N4O. The second-order valence-electron chi connectivity index (χ2n) is 13.9. The number of para-hydroxylation sites is 2. The first-order valence-electron chi connectivity index (χ1n) is 18.8. The molecule has 10 rings (SSSR count). The first-order valence-corrected chi connectivity index (χ1v) is 18.8. The van der Waals surface area contributed by atoms with Crippen LogP contribution in [-0.2, 0) is 0 Å². The number of hydrogen-bond donors (Lipinski definition) is 0. The van der Waals surface area contributed by atoms with E-state index >= 15 is 0 Å².